The van der Waals surface area contributed by atoms with Crippen molar-refractivity contribution < 1.29 is 20.0 Å². The zero-order valence-electron chi connectivity index (χ0n) is 26.3. The van der Waals surface area contributed by atoms with E-state index in [-0.39, 0.29) is 35.6 Å². The summed E-state index contributed by atoms with van der Waals surface area (Å²) in [6, 6.07) is 36.5. The van der Waals surface area contributed by atoms with Crippen LogP contribution in [0, 0.1) is 10.8 Å². The summed E-state index contributed by atoms with van der Waals surface area (Å²) in [5.74, 6) is 0. The van der Waals surface area contributed by atoms with Gasteiger partial charge in [-0.25, -0.2) is 0 Å². The molecule has 1 aliphatic heterocycles. The van der Waals surface area contributed by atoms with Crippen molar-refractivity contribution >= 4 is 37.0 Å². The Hall–Kier alpha value is -2.19. The number of allylic oxidation sites excluding steroid dienone is 2. The minimum Gasteiger partial charge on any atom is -0.147 e. The molecule has 0 bridgehead atoms. The Kier molecular flexibility index (Phi) is 8.71. The molecular weight excluding hydrogens is 730 g/mol. The summed E-state index contributed by atoms with van der Waals surface area (Å²) >= 11 is -3.03. The first-order valence-corrected chi connectivity index (χ1v) is 24.6. The molecule has 1 fully saturated rings. The Bertz CT molecular complexity index is 1570. The molecular formula is C40H44Cl2Hf. The SMILES string of the molecule is CC(C)(C)C1=Cc2c(-c3ccccc3)cccc2[CH]1[Hf]1([CH]2C(C(C)(C)C)=Cc3c(-c4ccccc4)cccc32)[CH2][CH2]1.Cl.Cl. The van der Waals surface area contributed by atoms with Gasteiger partial charge in [0.05, 0.1) is 0 Å². The molecule has 0 N–H and O–H groups in total. The summed E-state index contributed by atoms with van der Waals surface area (Å²) in [5, 5.41) is 0. The number of benzene rings is 4. The summed E-state index contributed by atoms with van der Waals surface area (Å²) < 4.78 is 4.27. The summed E-state index contributed by atoms with van der Waals surface area (Å²) in [7, 11) is 0. The van der Waals surface area contributed by atoms with Crippen LogP contribution >= 0.6 is 24.8 Å². The molecule has 0 radical (unpaired) electrons. The van der Waals surface area contributed by atoms with E-state index in [1.807, 2.05) is 0 Å². The second kappa shape index (κ2) is 11.6. The van der Waals surface area contributed by atoms with Crippen molar-refractivity contribution in [1.29, 1.82) is 0 Å². The first-order valence-electron chi connectivity index (χ1n) is 15.4. The van der Waals surface area contributed by atoms with E-state index in [4.69, 9.17) is 0 Å². The summed E-state index contributed by atoms with van der Waals surface area (Å²) in [6.45, 7) is 14.8. The molecule has 3 aliphatic rings. The van der Waals surface area contributed by atoms with Crippen molar-refractivity contribution in [2.24, 2.45) is 10.8 Å². The van der Waals surface area contributed by atoms with Gasteiger partial charge >= 0.3 is 253 Å². The minimum atomic E-state index is -3.03. The van der Waals surface area contributed by atoms with E-state index in [1.54, 1.807) is 22.3 Å². The Morgan fingerprint density at radius 1 is 0.488 bits per heavy atom. The van der Waals surface area contributed by atoms with Gasteiger partial charge in [-0.1, -0.05) is 0 Å². The fourth-order valence-electron chi connectivity index (χ4n) is 7.97. The molecule has 2 atom stereocenters. The summed E-state index contributed by atoms with van der Waals surface area (Å²) in [5.41, 5.74) is 15.4. The first-order chi connectivity index (χ1) is 19.6. The number of halogens is 2. The van der Waals surface area contributed by atoms with Crippen molar-refractivity contribution in [2.75, 3.05) is 0 Å². The molecule has 1 saturated heterocycles. The van der Waals surface area contributed by atoms with Crippen LogP contribution in [-0.4, -0.2) is 0 Å². The molecule has 2 aliphatic carbocycles. The Morgan fingerprint density at radius 3 is 1.19 bits per heavy atom. The number of rotatable bonds is 4. The molecule has 3 heteroatoms. The maximum atomic E-state index is 2.64. The van der Waals surface area contributed by atoms with Crippen LogP contribution in [-0.2, 0) is 20.0 Å². The fraction of sp³-hybridized carbons (Fsp3) is 0.300. The van der Waals surface area contributed by atoms with Gasteiger partial charge in [0.1, 0.15) is 0 Å². The first kappa shape index (κ1) is 32.2. The average molecular weight is 774 g/mol. The molecule has 0 spiro atoms. The number of hydrogen-bond donors (Lipinski definition) is 0. The van der Waals surface area contributed by atoms with Crippen LogP contribution < -0.4 is 0 Å². The number of hydrogen-bond acceptors (Lipinski definition) is 0. The molecule has 0 aromatic heterocycles. The van der Waals surface area contributed by atoms with E-state index in [2.05, 4.69) is 151 Å². The standard InChI is InChI=1S/2C19H19.C2H4.2ClH.Hf/c2*1-19(2,3)16-12-15-10-7-11-17(18(15)13-16)14-8-5-4-6-9-14;1-2;;;/h2*4-13H,1-3H3;1-2H2;2*1H;. The molecule has 222 valence electrons. The Balaban J connectivity index is 0.00000184. The fourth-order valence-corrected chi connectivity index (χ4v) is 37.3. The van der Waals surface area contributed by atoms with Gasteiger partial charge in [0, 0.05) is 0 Å². The van der Waals surface area contributed by atoms with Crippen molar-refractivity contribution in [3.8, 4) is 22.3 Å². The molecule has 1 heterocycles. The third-order valence-electron chi connectivity index (χ3n) is 10.0. The topological polar surface area (TPSA) is 0 Å². The van der Waals surface area contributed by atoms with Crippen LogP contribution in [0.2, 0.25) is 8.35 Å². The van der Waals surface area contributed by atoms with E-state index >= 15 is 0 Å². The molecule has 4 aromatic rings. The van der Waals surface area contributed by atoms with E-state index < -0.39 is 20.0 Å². The van der Waals surface area contributed by atoms with E-state index in [0.717, 1.165) is 0 Å². The number of fused-ring (bicyclic) bond motifs is 2. The molecule has 4 aromatic carbocycles. The average Bonchev–Trinajstić information content (AvgIpc) is 3.45. The van der Waals surface area contributed by atoms with Gasteiger partial charge < -0.3 is 0 Å². The molecule has 0 nitrogen and oxygen atoms in total. The maximum Gasteiger partial charge on any atom is -0.147 e. The molecule has 0 amide bonds. The van der Waals surface area contributed by atoms with Crippen molar-refractivity contribution in [3.63, 3.8) is 0 Å². The predicted molar refractivity (Wildman–Crippen MR) is 188 cm³/mol. The smallest absolute Gasteiger partial charge is 0.147 e. The van der Waals surface area contributed by atoms with Gasteiger partial charge in [-0.15, -0.1) is 24.8 Å². The molecule has 7 rings (SSSR count). The van der Waals surface area contributed by atoms with E-state index in [0.29, 0.717) is 7.35 Å². The van der Waals surface area contributed by atoms with Crippen LogP contribution in [0.5, 0.6) is 0 Å². The zero-order valence-corrected chi connectivity index (χ0v) is 31.5. The monoisotopic (exact) mass is 774 g/mol. The van der Waals surface area contributed by atoms with E-state index in [1.165, 1.54) is 41.7 Å². The van der Waals surface area contributed by atoms with Gasteiger partial charge in [-0.3, -0.25) is 0 Å². The largest absolute Gasteiger partial charge is 0.147 e. The summed E-state index contributed by atoms with van der Waals surface area (Å²) in [4.78, 5) is 0. The van der Waals surface area contributed by atoms with Crippen molar-refractivity contribution in [1.82, 2.24) is 0 Å². The van der Waals surface area contributed by atoms with Crippen LogP contribution in [0.15, 0.2) is 108 Å². The van der Waals surface area contributed by atoms with Crippen LogP contribution in [0.1, 0.15) is 71.1 Å². The van der Waals surface area contributed by atoms with Gasteiger partial charge in [0.25, 0.3) is 0 Å². The van der Waals surface area contributed by atoms with Crippen LogP contribution in [0.4, 0.5) is 0 Å². The van der Waals surface area contributed by atoms with Gasteiger partial charge in [0.15, 0.2) is 0 Å². The molecule has 43 heavy (non-hydrogen) atoms. The maximum absolute atomic E-state index is 3.03. The Labute approximate surface area is 275 Å². The zero-order chi connectivity index (χ0) is 28.6. The van der Waals surface area contributed by atoms with E-state index in [9.17, 15) is 0 Å². The second-order valence-electron chi connectivity index (χ2n) is 14.6. The van der Waals surface area contributed by atoms with Gasteiger partial charge in [-0.05, 0) is 0 Å². The second-order valence-corrected chi connectivity index (χ2v) is 31.2. The predicted octanol–water partition coefficient (Wildman–Crippen LogP) is 12.5. The third kappa shape index (κ3) is 5.38. The Morgan fingerprint density at radius 2 is 0.860 bits per heavy atom. The van der Waals surface area contributed by atoms with Crippen LogP contribution in [0.25, 0.3) is 34.4 Å². The summed E-state index contributed by atoms with van der Waals surface area (Å²) in [6.07, 6.45) is 5.28. The molecule has 0 saturated carbocycles. The van der Waals surface area contributed by atoms with Crippen LogP contribution in [0.3, 0.4) is 0 Å². The minimum absolute atomic E-state index is 0. The third-order valence-corrected chi connectivity index (χ3v) is 28.7. The van der Waals surface area contributed by atoms with Crippen molar-refractivity contribution in [3.05, 3.63) is 130 Å². The molecule has 2 unspecified atom stereocenters. The van der Waals surface area contributed by atoms with Gasteiger partial charge in [0.2, 0.25) is 0 Å². The quantitative estimate of drug-likeness (QED) is 0.181. The van der Waals surface area contributed by atoms with Gasteiger partial charge in [-0.2, -0.15) is 0 Å². The normalized spacial score (nSPS) is 19.8. The van der Waals surface area contributed by atoms with Crippen molar-refractivity contribution in [2.45, 2.75) is 57.2 Å².